The number of rotatable bonds is 8. The highest BCUT2D eigenvalue weighted by molar-refractivity contribution is 5.94. The van der Waals surface area contributed by atoms with Crippen LogP contribution in [0.15, 0.2) is 18.2 Å². The van der Waals surface area contributed by atoms with Crippen molar-refractivity contribution in [3.63, 3.8) is 0 Å². The number of fused-ring (bicyclic) bond motifs is 1. The third kappa shape index (κ3) is 5.51. The van der Waals surface area contributed by atoms with E-state index in [9.17, 15) is 22.8 Å². The summed E-state index contributed by atoms with van der Waals surface area (Å²) >= 11 is 0. The van der Waals surface area contributed by atoms with Crippen molar-refractivity contribution in [3.8, 4) is 0 Å². The second-order valence-corrected chi connectivity index (χ2v) is 7.13. The summed E-state index contributed by atoms with van der Waals surface area (Å²) < 4.78 is 39.6. The average Bonchev–Trinajstić information content (AvgIpc) is 3.04. The zero-order chi connectivity index (χ0) is 22.6. The van der Waals surface area contributed by atoms with E-state index in [0.717, 1.165) is 12.1 Å². The highest BCUT2D eigenvalue weighted by Crippen LogP contribution is 2.33. The summed E-state index contributed by atoms with van der Waals surface area (Å²) in [5.41, 5.74) is 4.96. The van der Waals surface area contributed by atoms with Crippen molar-refractivity contribution in [1.29, 1.82) is 0 Å². The molecule has 0 unspecified atom stereocenters. The van der Waals surface area contributed by atoms with Gasteiger partial charge in [-0.15, -0.1) is 0 Å². The first-order valence-electron chi connectivity index (χ1n) is 9.81. The van der Waals surface area contributed by atoms with Gasteiger partial charge in [-0.2, -0.15) is 18.2 Å². The highest BCUT2D eigenvalue weighted by Gasteiger charge is 2.33. The Kier molecular flexibility index (Phi) is 6.78. The molecule has 2 heterocycles. The fraction of sp³-hybridized carbons (Fsp3) is 0.474. The van der Waals surface area contributed by atoms with E-state index in [2.05, 4.69) is 25.9 Å². The van der Waals surface area contributed by atoms with Crippen molar-refractivity contribution in [1.82, 2.24) is 20.2 Å². The summed E-state index contributed by atoms with van der Waals surface area (Å²) in [5.74, 6) is -0.0573. The summed E-state index contributed by atoms with van der Waals surface area (Å²) in [7, 11) is 0. The molecule has 0 radical (unpaired) electrons. The number of anilines is 2. The third-order valence-electron chi connectivity index (χ3n) is 4.81. The molecule has 9 nitrogen and oxygen atoms in total. The summed E-state index contributed by atoms with van der Waals surface area (Å²) in [6, 6.07) is 2.55. The first-order valence-corrected chi connectivity index (χ1v) is 9.81. The second-order valence-electron chi connectivity index (χ2n) is 7.13. The topological polar surface area (TPSA) is 125 Å². The highest BCUT2D eigenvalue weighted by atomic mass is 19.4. The third-order valence-corrected chi connectivity index (χ3v) is 4.81. The predicted molar refractivity (Wildman–Crippen MR) is 109 cm³/mol. The molecule has 12 heteroatoms. The normalized spacial score (nSPS) is 16.6. The number of carbonyl (C=O) groups excluding carboxylic acids is 2. The van der Waals surface area contributed by atoms with E-state index in [1.165, 1.54) is 13.0 Å². The smallest absolute Gasteiger partial charge is 0.358 e. The molecule has 1 aliphatic rings. The number of alkyl halides is 3. The first kappa shape index (κ1) is 22.5. The van der Waals surface area contributed by atoms with Crippen LogP contribution in [-0.4, -0.2) is 65.4 Å². The summed E-state index contributed by atoms with van der Waals surface area (Å²) in [6.07, 6.45) is -4.07. The molecule has 0 spiro atoms. The fourth-order valence-corrected chi connectivity index (χ4v) is 3.30. The van der Waals surface area contributed by atoms with E-state index in [1.54, 1.807) is 4.90 Å². The molecule has 1 aromatic heterocycles. The lowest BCUT2D eigenvalue weighted by Gasteiger charge is -2.18. The molecule has 3 rings (SSSR count). The number of likely N-dealkylation sites (tertiary alicyclic amines) is 1. The average molecular weight is 439 g/mol. The van der Waals surface area contributed by atoms with Crippen molar-refractivity contribution >= 4 is 34.5 Å². The number of nitrogens with zero attached hydrogens (tertiary/aromatic N) is 3. The van der Waals surface area contributed by atoms with Gasteiger partial charge in [0, 0.05) is 45.0 Å². The maximum Gasteiger partial charge on any atom is 0.416 e. The van der Waals surface area contributed by atoms with Crippen LogP contribution < -0.4 is 21.7 Å². The molecule has 1 fully saturated rings. The Morgan fingerprint density at radius 2 is 2.06 bits per heavy atom. The zero-order valence-electron chi connectivity index (χ0n) is 16.9. The Morgan fingerprint density at radius 3 is 2.74 bits per heavy atom. The number of aromatic nitrogens is 2. The number of hydrogen-bond acceptors (Lipinski definition) is 7. The van der Waals surface area contributed by atoms with Gasteiger partial charge in [-0.05, 0) is 24.6 Å². The van der Waals surface area contributed by atoms with Crippen LogP contribution in [0.4, 0.5) is 24.9 Å². The SMILES string of the molecule is CC(=O)NCCN1CC[C@H](Nc2nc(NCCN)nc3ccc(C(F)(F)F)cc23)C1=O. The molecule has 0 saturated carbocycles. The van der Waals surface area contributed by atoms with E-state index >= 15 is 0 Å². The summed E-state index contributed by atoms with van der Waals surface area (Å²) in [5, 5.41) is 8.69. The number of nitrogens with one attached hydrogen (secondary N) is 3. The van der Waals surface area contributed by atoms with Crippen LogP contribution in [0, 0.1) is 0 Å². The van der Waals surface area contributed by atoms with E-state index in [1.807, 2.05) is 0 Å². The van der Waals surface area contributed by atoms with Crippen molar-refractivity contribution in [2.75, 3.05) is 43.4 Å². The molecular formula is C19H24F3N7O2. The van der Waals surface area contributed by atoms with E-state index in [4.69, 9.17) is 5.73 Å². The van der Waals surface area contributed by atoms with Crippen LogP contribution in [0.2, 0.25) is 0 Å². The Bertz CT molecular complexity index is 967. The van der Waals surface area contributed by atoms with Gasteiger partial charge >= 0.3 is 6.18 Å². The molecule has 5 N–H and O–H groups in total. The van der Waals surface area contributed by atoms with Crippen molar-refractivity contribution in [2.45, 2.75) is 25.6 Å². The van der Waals surface area contributed by atoms with E-state index in [-0.39, 0.29) is 29.0 Å². The quantitative estimate of drug-likeness (QED) is 0.487. The van der Waals surface area contributed by atoms with Gasteiger partial charge in [-0.3, -0.25) is 9.59 Å². The van der Waals surface area contributed by atoms with Crippen LogP contribution >= 0.6 is 0 Å². The molecule has 2 amide bonds. The van der Waals surface area contributed by atoms with Crippen LogP contribution in [0.3, 0.4) is 0 Å². The molecule has 1 atom stereocenters. The van der Waals surface area contributed by atoms with Crippen molar-refractivity contribution in [3.05, 3.63) is 23.8 Å². The van der Waals surface area contributed by atoms with E-state index in [0.29, 0.717) is 44.7 Å². The molecule has 1 saturated heterocycles. The van der Waals surface area contributed by atoms with Gasteiger partial charge in [0.2, 0.25) is 17.8 Å². The number of nitrogens with two attached hydrogens (primary N) is 1. The molecule has 31 heavy (non-hydrogen) atoms. The van der Waals surface area contributed by atoms with Crippen LogP contribution in [0.1, 0.15) is 18.9 Å². The van der Waals surface area contributed by atoms with Gasteiger partial charge < -0.3 is 26.6 Å². The van der Waals surface area contributed by atoms with Gasteiger partial charge in [0.15, 0.2) is 0 Å². The molecule has 2 aromatic rings. The molecule has 1 aliphatic heterocycles. The first-order chi connectivity index (χ1) is 14.7. The van der Waals surface area contributed by atoms with Crippen LogP contribution in [-0.2, 0) is 15.8 Å². The minimum Gasteiger partial charge on any atom is -0.358 e. The molecule has 168 valence electrons. The Labute approximate surface area is 176 Å². The Hall–Kier alpha value is -3.15. The van der Waals surface area contributed by atoms with Crippen molar-refractivity contribution < 1.29 is 22.8 Å². The monoisotopic (exact) mass is 439 g/mol. The summed E-state index contributed by atoms with van der Waals surface area (Å²) in [6.45, 7) is 3.23. The van der Waals surface area contributed by atoms with Gasteiger partial charge in [0.1, 0.15) is 11.9 Å². The maximum absolute atomic E-state index is 13.2. The van der Waals surface area contributed by atoms with Gasteiger partial charge in [-0.1, -0.05) is 0 Å². The molecule has 1 aromatic carbocycles. The van der Waals surface area contributed by atoms with Crippen LogP contribution in [0.5, 0.6) is 0 Å². The molecule has 0 aliphatic carbocycles. The van der Waals surface area contributed by atoms with Gasteiger partial charge in [0.05, 0.1) is 11.1 Å². The molecular weight excluding hydrogens is 415 g/mol. The minimum atomic E-state index is -4.52. The number of hydrogen-bond donors (Lipinski definition) is 4. The van der Waals surface area contributed by atoms with E-state index < -0.39 is 17.8 Å². The standard InChI is InChI=1S/C19H24F3N7O2/c1-11(30)24-7-9-29-8-4-15(17(29)31)26-16-13-10-12(19(20,21)22)2-3-14(13)27-18(28-16)25-6-5-23/h2-3,10,15H,4-9,23H2,1H3,(H,24,30)(H2,25,26,27,28)/t15-/m0/s1. The minimum absolute atomic E-state index is 0.137. The fourth-order valence-electron chi connectivity index (χ4n) is 3.30. The Balaban J connectivity index is 1.86. The summed E-state index contributed by atoms with van der Waals surface area (Å²) in [4.78, 5) is 33.8. The van der Waals surface area contributed by atoms with Crippen molar-refractivity contribution in [2.24, 2.45) is 5.73 Å². The number of carbonyl (C=O) groups is 2. The van der Waals surface area contributed by atoms with Gasteiger partial charge in [0.25, 0.3) is 0 Å². The second kappa shape index (κ2) is 9.33. The number of benzene rings is 1. The van der Waals surface area contributed by atoms with Crippen LogP contribution in [0.25, 0.3) is 10.9 Å². The molecule has 0 bridgehead atoms. The maximum atomic E-state index is 13.2. The Morgan fingerprint density at radius 1 is 1.29 bits per heavy atom. The van der Waals surface area contributed by atoms with Gasteiger partial charge in [-0.25, -0.2) is 4.98 Å². The predicted octanol–water partition coefficient (Wildman–Crippen LogP) is 1.17. The largest absolute Gasteiger partial charge is 0.416 e. The lowest BCUT2D eigenvalue weighted by Crippen LogP contribution is -2.38. The lowest BCUT2D eigenvalue weighted by molar-refractivity contribution is -0.137. The number of amides is 2. The lowest BCUT2D eigenvalue weighted by atomic mass is 10.1. The number of halogens is 3. The zero-order valence-corrected chi connectivity index (χ0v) is 16.9.